The molecule has 1 unspecified atom stereocenters. The second-order valence-electron chi connectivity index (χ2n) is 7.29. The monoisotopic (exact) mass is 484 g/mol. The van der Waals surface area contributed by atoms with Gasteiger partial charge in [0, 0.05) is 5.12 Å². The second kappa shape index (κ2) is 11.4. The van der Waals surface area contributed by atoms with E-state index in [9.17, 15) is 0 Å². The van der Waals surface area contributed by atoms with Crippen molar-refractivity contribution in [2.45, 2.75) is 25.7 Å². The Morgan fingerprint density at radius 2 is 1.47 bits per heavy atom. The van der Waals surface area contributed by atoms with E-state index in [4.69, 9.17) is 0 Å². The molecule has 150 valence electrons. The SMILES string of the molecule is [Cl-].[Cl-].[Ti+4].c1cc[cH-]c1.c1ccc2[cH-]c(-p3c4c(c5ccccc53)CCCC4)cc2c1. The average molecular weight is 485 g/mol. The van der Waals surface area contributed by atoms with Gasteiger partial charge >= 0.3 is 21.7 Å². The summed E-state index contributed by atoms with van der Waals surface area (Å²) >= 11 is 0. The number of hydrogen-bond acceptors (Lipinski definition) is 0. The van der Waals surface area contributed by atoms with Crippen molar-refractivity contribution < 1.29 is 46.5 Å². The Morgan fingerprint density at radius 3 is 2.20 bits per heavy atom. The van der Waals surface area contributed by atoms with Crippen molar-refractivity contribution in [2.24, 2.45) is 0 Å². The van der Waals surface area contributed by atoms with E-state index in [1.54, 1.807) is 26.7 Å². The normalized spacial score (nSPS) is 12.6. The van der Waals surface area contributed by atoms with E-state index in [0.717, 1.165) is 0 Å². The molecule has 6 rings (SSSR count). The molecule has 0 bridgehead atoms. The summed E-state index contributed by atoms with van der Waals surface area (Å²) in [5.74, 6) is 0. The van der Waals surface area contributed by atoms with Gasteiger partial charge in [-0.1, -0.05) is 35.6 Å². The Labute approximate surface area is 207 Å². The van der Waals surface area contributed by atoms with Gasteiger partial charge in [0.1, 0.15) is 0 Å². The molecular formula is C26H23Cl2PTi. The quantitative estimate of drug-likeness (QED) is 0.252. The fourth-order valence-electron chi connectivity index (χ4n) is 4.37. The van der Waals surface area contributed by atoms with Crippen LogP contribution < -0.4 is 24.8 Å². The first-order chi connectivity index (χ1) is 13.4. The zero-order valence-electron chi connectivity index (χ0n) is 16.7. The van der Waals surface area contributed by atoms with Crippen LogP contribution >= 0.6 is 7.53 Å². The van der Waals surface area contributed by atoms with Crippen LogP contribution in [0.15, 0.2) is 91.0 Å². The van der Waals surface area contributed by atoms with Crippen LogP contribution in [0.4, 0.5) is 0 Å². The minimum Gasteiger partial charge on any atom is -1.00 e. The Bertz CT molecular complexity index is 1130. The maximum absolute atomic E-state index is 2.43. The van der Waals surface area contributed by atoms with Crippen LogP contribution in [0, 0.1) is 0 Å². The molecule has 0 nitrogen and oxygen atoms in total. The first-order valence-corrected chi connectivity index (χ1v) is 11.2. The zero-order valence-corrected chi connectivity index (χ0v) is 20.7. The maximum atomic E-state index is 2.43. The Morgan fingerprint density at radius 1 is 0.767 bits per heavy atom. The maximum Gasteiger partial charge on any atom is 4.00 e. The van der Waals surface area contributed by atoms with E-state index in [0.29, 0.717) is 0 Å². The van der Waals surface area contributed by atoms with Crippen LogP contribution in [-0.4, -0.2) is 0 Å². The van der Waals surface area contributed by atoms with Gasteiger partial charge in [-0.3, -0.25) is 0 Å². The van der Waals surface area contributed by atoms with Crippen molar-refractivity contribution >= 4 is 28.8 Å². The van der Waals surface area contributed by atoms with Crippen LogP contribution in [0.25, 0.3) is 26.6 Å². The topological polar surface area (TPSA) is 0 Å². The van der Waals surface area contributed by atoms with Gasteiger partial charge < -0.3 is 24.8 Å². The number of fused-ring (bicyclic) bond motifs is 4. The van der Waals surface area contributed by atoms with E-state index < -0.39 is 0 Å². The number of rotatable bonds is 1. The summed E-state index contributed by atoms with van der Waals surface area (Å²) in [4.78, 5) is 0. The molecule has 4 heteroatoms. The molecule has 0 aliphatic heterocycles. The molecule has 30 heavy (non-hydrogen) atoms. The van der Waals surface area contributed by atoms with Gasteiger partial charge in [-0.25, -0.2) is 12.1 Å². The fourth-order valence-corrected chi connectivity index (χ4v) is 7.36. The van der Waals surface area contributed by atoms with Crippen molar-refractivity contribution in [1.82, 2.24) is 0 Å². The van der Waals surface area contributed by atoms with Gasteiger partial charge in [0.05, 0.1) is 0 Å². The van der Waals surface area contributed by atoms with Gasteiger partial charge in [0.2, 0.25) is 0 Å². The third kappa shape index (κ3) is 4.80. The molecule has 1 aromatic heterocycles. The summed E-state index contributed by atoms with van der Waals surface area (Å²) in [5.41, 5.74) is 1.68. The molecule has 0 saturated carbocycles. The smallest absolute Gasteiger partial charge is 1.00 e. The van der Waals surface area contributed by atoms with Crippen molar-refractivity contribution in [3.8, 4) is 5.30 Å². The minimum atomic E-state index is -0.281. The first-order valence-electron chi connectivity index (χ1n) is 9.85. The van der Waals surface area contributed by atoms with E-state index in [1.807, 2.05) is 30.3 Å². The molecule has 1 heterocycles. The molecule has 0 amide bonds. The minimum absolute atomic E-state index is 0. The third-order valence-electron chi connectivity index (χ3n) is 5.60. The molecule has 0 radical (unpaired) electrons. The summed E-state index contributed by atoms with van der Waals surface area (Å²) in [6.07, 6.45) is 5.31. The molecule has 1 atom stereocenters. The van der Waals surface area contributed by atoms with Crippen molar-refractivity contribution in [1.29, 1.82) is 0 Å². The van der Waals surface area contributed by atoms with E-state index in [2.05, 4.69) is 60.7 Å². The molecule has 1 aliphatic rings. The summed E-state index contributed by atoms with van der Waals surface area (Å²) in [6, 6.07) is 32.8. The van der Waals surface area contributed by atoms with Crippen LogP contribution in [0.3, 0.4) is 0 Å². The molecule has 1 aliphatic carbocycles. The first kappa shape index (κ1) is 25.0. The Balaban J connectivity index is 0.000000356. The average Bonchev–Trinajstić information content (AvgIpc) is 3.46. The summed E-state index contributed by atoms with van der Waals surface area (Å²) in [6.45, 7) is 0. The second-order valence-corrected chi connectivity index (χ2v) is 9.50. The van der Waals surface area contributed by atoms with E-state index in [-0.39, 0.29) is 54.1 Å². The third-order valence-corrected chi connectivity index (χ3v) is 8.27. The number of benzene rings is 2. The molecule has 0 spiro atoms. The Hall–Kier alpha value is -1.27. The van der Waals surface area contributed by atoms with Gasteiger partial charge in [-0.15, -0.1) is 42.6 Å². The number of halogens is 2. The molecule has 0 fully saturated rings. The number of hydrogen-bond donors (Lipinski definition) is 0. The van der Waals surface area contributed by atoms with Crippen molar-refractivity contribution in [3.63, 3.8) is 0 Å². The fraction of sp³-hybridized carbons (Fsp3) is 0.154. The summed E-state index contributed by atoms with van der Waals surface area (Å²) < 4.78 is 0. The summed E-state index contributed by atoms with van der Waals surface area (Å²) in [5, 5.41) is 9.24. The molecular weight excluding hydrogens is 462 g/mol. The van der Waals surface area contributed by atoms with Crippen molar-refractivity contribution in [2.75, 3.05) is 0 Å². The number of aryl methyl sites for hydroxylation is 1. The summed E-state index contributed by atoms with van der Waals surface area (Å²) in [7, 11) is -0.281. The molecule has 5 aromatic rings. The largest absolute Gasteiger partial charge is 4.00 e. The van der Waals surface area contributed by atoms with E-state index >= 15 is 0 Å². The van der Waals surface area contributed by atoms with E-state index in [1.165, 1.54) is 36.5 Å². The Kier molecular flexibility index (Phi) is 9.48. The zero-order chi connectivity index (χ0) is 18.1. The predicted octanol–water partition coefficient (Wildman–Crippen LogP) is 1.98. The van der Waals surface area contributed by atoms with Crippen LogP contribution in [0.1, 0.15) is 23.7 Å². The van der Waals surface area contributed by atoms with Gasteiger partial charge in [0.25, 0.3) is 0 Å². The van der Waals surface area contributed by atoms with Crippen LogP contribution in [-0.2, 0) is 34.6 Å². The molecule has 0 N–H and O–H groups in total. The molecule has 0 saturated heterocycles. The van der Waals surface area contributed by atoms with Crippen LogP contribution in [0.5, 0.6) is 0 Å². The van der Waals surface area contributed by atoms with Gasteiger partial charge in [0.15, 0.2) is 0 Å². The standard InChI is InChI=1S/C21H18P.C5H5.2ClH.Ti/c1-2-8-16-14-17(13-15(16)7-1)22-20-11-5-3-9-18(20)19-10-4-6-12-21(19)22;1-2-4-5-3-1;;;/h1-3,5,7-9,11,13-14H,4,6,10,12H2;1-5H;2*1H;/q2*-1;;;+4/p-2. The predicted molar refractivity (Wildman–Crippen MR) is 120 cm³/mol. The van der Waals surface area contributed by atoms with Crippen LogP contribution in [0.2, 0.25) is 0 Å². The van der Waals surface area contributed by atoms with Gasteiger partial charge in [-0.05, 0) is 41.9 Å². The van der Waals surface area contributed by atoms with Gasteiger partial charge in [-0.2, -0.15) is 24.3 Å². The van der Waals surface area contributed by atoms with Crippen molar-refractivity contribution in [3.05, 3.63) is 102 Å². The molecule has 4 aromatic carbocycles.